The molecule has 0 aliphatic carbocycles. The Kier molecular flexibility index (Phi) is 6.13. The van der Waals surface area contributed by atoms with Crippen LogP contribution in [-0.4, -0.2) is 31.0 Å². The predicted molar refractivity (Wildman–Crippen MR) is 91.3 cm³/mol. The van der Waals surface area contributed by atoms with Crippen molar-refractivity contribution in [1.82, 2.24) is 5.32 Å². The van der Waals surface area contributed by atoms with Crippen molar-refractivity contribution in [2.24, 2.45) is 0 Å². The Labute approximate surface area is 139 Å². The second kappa shape index (κ2) is 8.52. The van der Waals surface area contributed by atoms with Gasteiger partial charge in [-0.2, -0.15) is 0 Å². The van der Waals surface area contributed by atoms with Crippen molar-refractivity contribution in [3.05, 3.63) is 64.2 Å². The van der Waals surface area contributed by atoms with Crippen LogP contribution >= 0.6 is 0 Å². The van der Waals surface area contributed by atoms with Crippen LogP contribution in [0, 0.1) is 10.1 Å². The zero-order chi connectivity index (χ0) is 17.4. The Morgan fingerprint density at radius 2 is 1.96 bits per heavy atom. The minimum Gasteiger partial charge on any atom is -0.497 e. The van der Waals surface area contributed by atoms with E-state index in [9.17, 15) is 14.9 Å². The van der Waals surface area contributed by atoms with E-state index < -0.39 is 4.92 Å². The number of benzene rings is 2. The molecule has 0 bridgehead atoms. The van der Waals surface area contributed by atoms with E-state index in [2.05, 4.69) is 10.6 Å². The van der Waals surface area contributed by atoms with Gasteiger partial charge in [-0.15, -0.1) is 0 Å². The third-order valence-electron chi connectivity index (χ3n) is 3.36. The van der Waals surface area contributed by atoms with Crippen LogP contribution in [0.15, 0.2) is 48.5 Å². The monoisotopic (exact) mass is 329 g/mol. The minimum absolute atomic E-state index is 0.0141. The summed E-state index contributed by atoms with van der Waals surface area (Å²) in [5.74, 6) is 0.589. The lowest BCUT2D eigenvalue weighted by atomic mass is 10.1. The molecule has 24 heavy (non-hydrogen) atoms. The molecule has 1 amide bonds. The number of nitro benzene ring substituents is 1. The summed E-state index contributed by atoms with van der Waals surface area (Å²) < 4.78 is 5.12. The Hall–Kier alpha value is -3.09. The number of para-hydroxylation sites is 2. The molecule has 0 unspecified atom stereocenters. The lowest BCUT2D eigenvalue weighted by molar-refractivity contribution is -0.384. The number of hydrogen-bond acceptors (Lipinski definition) is 5. The van der Waals surface area contributed by atoms with Crippen molar-refractivity contribution in [1.29, 1.82) is 0 Å². The third-order valence-corrected chi connectivity index (χ3v) is 3.36. The number of amides is 1. The van der Waals surface area contributed by atoms with Crippen molar-refractivity contribution < 1.29 is 14.5 Å². The standard InChI is InChI=1S/C17H19N3O4/c1-24-14-6-4-5-13(11-14)12-17(21)19-10-9-18-15-7-2-3-8-16(15)20(22)23/h2-8,11,18H,9-10,12H2,1H3,(H,19,21). The first-order valence-electron chi connectivity index (χ1n) is 7.47. The molecule has 0 aromatic heterocycles. The molecule has 126 valence electrons. The van der Waals surface area contributed by atoms with Gasteiger partial charge in [-0.1, -0.05) is 24.3 Å². The van der Waals surface area contributed by atoms with Gasteiger partial charge in [-0.3, -0.25) is 14.9 Å². The number of nitrogens with zero attached hydrogens (tertiary/aromatic N) is 1. The molecule has 2 aromatic rings. The smallest absolute Gasteiger partial charge is 0.292 e. The molecular weight excluding hydrogens is 310 g/mol. The van der Waals surface area contributed by atoms with Gasteiger partial charge in [0.2, 0.25) is 5.91 Å². The van der Waals surface area contributed by atoms with Gasteiger partial charge in [0.1, 0.15) is 11.4 Å². The van der Waals surface area contributed by atoms with Crippen LogP contribution < -0.4 is 15.4 Å². The van der Waals surface area contributed by atoms with Crippen LogP contribution in [0.5, 0.6) is 5.75 Å². The molecule has 0 fully saturated rings. The molecule has 0 saturated heterocycles. The number of carbonyl (C=O) groups is 1. The zero-order valence-electron chi connectivity index (χ0n) is 13.3. The molecule has 0 radical (unpaired) electrons. The van der Waals surface area contributed by atoms with Crippen LogP contribution in [0.2, 0.25) is 0 Å². The fraction of sp³-hybridized carbons (Fsp3) is 0.235. The first-order valence-corrected chi connectivity index (χ1v) is 7.47. The van der Waals surface area contributed by atoms with E-state index in [4.69, 9.17) is 4.74 Å². The highest BCUT2D eigenvalue weighted by Crippen LogP contribution is 2.22. The summed E-state index contributed by atoms with van der Waals surface area (Å²) in [5.41, 5.74) is 1.31. The van der Waals surface area contributed by atoms with Gasteiger partial charge in [0, 0.05) is 19.2 Å². The van der Waals surface area contributed by atoms with Gasteiger partial charge in [0.25, 0.3) is 5.69 Å². The summed E-state index contributed by atoms with van der Waals surface area (Å²) in [6, 6.07) is 13.7. The fourth-order valence-corrected chi connectivity index (χ4v) is 2.21. The summed E-state index contributed by atoms with van der Waals surface area (Å²) in [7, 11) is 1.58. The van der Waals surface area contributed by atoms with Gasteiger partial charge < -0.3 is 15.4 Å². The highest BCUT2D eigenvalue weighted by Gasteiger charge is 2.11. The van der Waals surface area contributed by atoms with Crippen LogP contribution in [0.4, 0.5) is 11.4 Å². The summed E-state index contributed by atoms with van der Waals surface area (Å²) in [6.07, 6.45) is 0.253. The Balaban J connectivity index is 1.78. The SMILES string of the molecule is COc1cccc(CC(=O)NCCNc2ccccc2[N+](=O)[O-])c1. The highest BCUT2D eigenvalue weighted by molar-refractivity contribution is 5.78. The van der Waals surface area contributed by atoms with E-state index in [1.165, 1.54) is 6.07 Å². The molecule has 7 nitrogen and oxygen atoms in total. The number of ether oxygens (including phenoxy) is 1. The lowest BCUT2D eigenvalue weighted by Crippen LogP contribution is -2.30. The minimum atomic E-state index is -0.441. The second-order valence-electron chi connectivity index (χ2n) is 5.08. The topological polar surface area (TPSA) is 93.5 Å². The van der Waals surface area contributed by atoms with E-state index in [0.29, 0.717) is 24.5 Å². The van der Waals surface area contributed by atoms with Gasteiger partial charge in [0.05, 0.1) is 18.5 Å². The van der Waals surface area contributed by atoms with Crippen molar-refractivity contribution >= 4 is 17.3 Å². The number of anilines is 1. The van der Waals surface area contributed by atoms with Crippen LogP contribution in [0.3, 0.4) is 0 Å². The fourth-order valence-electron chi connectivity index (χ4n) is 2.21. The van der Waals surface area contributed by atoms with Gasteiger partial charge in [-0.25, -0.2) is 0 Å². The average molecular weight is 329 g/mol. The van der Waals surface area contributed by atoms with Crippen LogP contribution in [-0.2, 0) is 11.2 Å². The normalized spacial score (nSPS) is 10.0. The van der Waals surface area contributed by atoms with Gasteiger partial charge in [0.15, 0.2) is 0 Å². The molecule has 0 saturated carbocycles. The molecule has 0 atom stereocenters. The van der Waals surface area contributed by atoms with Crippen LogP contribution in [0.1, 0.15) is 5.56 Å². The first-order chi connectivity index (χ1) is 11.6. The summed E-state index contributed by atoms with van der Waals surface area (Å²) >= 11 is 0. The molecular formula is C17H19N3O4. The van der Waals surface area contributed by atoms with E-state index in [1.54, 1.807) is 25.3 Å². The largest absolute Gasteiger partial charge is 0.497 e. The van der Waals surface area contributed by atoms with E-state index in [1.807, 2.05) is 24.3 Å². The van der Waals surface area contributed by atoms with Crippen molar-refractivity contribution in [2.45, 2.75) is 6.42 Å². The van der Waals surface area contributed by atoms with E-state index >= 15 is 0 Å². The number of methoxy groups -OCH3 is 1. The van der Waals surface area contributed by atoms with E-state index in [-0.39, 0.29) is 18.0 Å². The molecule has 0 aliphatic rings. The highest BCUT2D eigenvalue weighted by atomic mass is 16.6. The van der Waals surface area contributed by atoms with Crippen molar-refractivity contribution in [2.75, 3.05) is 25.5 Å². The molecule has 2 rings (SSSR count). The van der Waals surface area contributed by atoms with Crippen molar-refractivity contribution in [3.63, 3.8) is 0 Å². The maximum Gasteiger partial charge on any atom is 0.292 e. The molecule has 2 aromatic carbocycles. The number of carbonyl (C=O) groups excluding carboxylic acids is 1. The van der Waals surface area contributed by atoms with Gasteiger partial charge in [-0.05, 0) is 23.8 Å². The second-order valence-corrected chi connectivity index (χ2v) is 5.08. The average Bonchev–Trinajstić information content (AvgIpc) is 2.59. The first kappa shape index (κ1) is 17.3. The summed E-state index contributed by atoms with van der Waals surface area (Å²) in [4.78, 5) is 22.4. The van der Waals surface area contributed by atoms with Crippen LogP contribution in [0.25, 0.3) is 0 Å². The molecule has 0 aliphatic heterocycles. The van der Waals surface area contributed by atoms with Gasteiger partial charge >= 0.3 is 0 Å². The summed E-state index contributed by atoms with van der Waals surface area (Å²) in [6.45, 7) is 0.767. The number of rotatable bonds is 8. The predicted octanol–water partition coefficient (Wildman–Crippen LogP) is 2.37. The molecule has 2 N–H and O–H groups in total. The third kappa shape index (κ3) is 4.98. The summed E-state index contributed by atoms with van der Waals surface area (Å²) in [5, 5.41) is 16.6. The number of hydrogen-bond donors (Lipinski definition) is 2. The van der Waals surface area contributed by atoms with Crippen molar-refractivity contribution in [3.8, 4) is 5.75 Å². The Bertz CT molecular complexity index is 718. The lowest BCUT2D eigenvalue weighted by Gasteiger charge is -2.09. The molecule has 0 spiro atoms. The molecule has 0 heterocycles. The number of nitro groups is 1. The maximum absolute atomic E-state index is 11.9. The quantitative estimate of drug-likeness (QED) is 0.440. The Morgan fingerprint density at radius 1 is 1.17 bits per heavy atom. The maximum atomic E-state index is 11.9. The molecule has 7 heteroatoms. The Morgan fingerprint density at radius 3 is 2.71 bits per heavy atom. The zero-order valence-corrected chi connectivity index (χ0v) is 13.3. The number of nitrogens with one attached hydrogen (secondary N) is 2. The van der Waals surface area contributed by atoms with E-state index in [0.717, 1.165) is 5.56 Å².